The van der Waals surface area contributed by atoms with Gasteiger partial charge in [-0.15, -0.1) is 0 Å². The molecule has 0 saturated heterocycles. The molecule has 0 fully saturated rings. The summed E-state index contributed by atoms with van der Waals surface area (Å²) < 4.78 is 0. The molecule has 0 unspecified atom stereocenters. The molecule has 0 aliphatic carbocycles. The molecule has 0 aliphatic rings. The normalized spacial score (nSPS) is 8.16. The summed E-state index contributed by atoms with van der Waals surface area (Å²) in [6.07, 6.45) is 0. The quantitative estimate of drug-likeness (QED) is 0.176. The topological polar surface area (TPSA) is 51.4 Å². The van der Waals surface area contributed by atoms with Gasteiger partial charge in [0.05, 0.1) is 0 Å². The maximum atomic E-state index is 11.8. The first kappa shape index (κ1) is 83.3. The number of allylic oxidation sites excluding steroid dienone is 2. The third-order valence-electron chi connectivity index (χ3n) is 2.31. The van der Waals surface area contributed by atoms with Gasteiger partial charge < -0.3 is 39.6 Å². The molecule has 0 atom stereocenters. The van der Waals surface area contributed by atoms with Gasteiger partial charge in [-0.2, -0.15) is 7.05 Å². The number of rotatable bonds is 2. The number of carbonyl (C=O) groups is 1. The van der Waals surface area contributed by atoms with Gasteiger partial charge in [-0.25, -0.2) is 0 Å². The summed E-state index contributed by atoms with van der Waals surface area (Å²) in [6.45, 7) is 25.1. The summed E-state index contributed by atoms with van der Waals surface area (Å²) in [5.74, 6) is 0.197. The minimum absolute atomic E-state index is 0. The van der Waals surface area contributed by atoms with Crippen LogP contribution >= 0.6 is 0 Å². The van der Waals surface area contributed by atoms with Gasteiger partial charge in [0.25, 0.3) is 0 Å². The van der Waals surface area contributed by atoms with Crippen LogP contribution in [0.5, 0.6) is 0 Å². The molecular formula is C22H50IrNO2Y5-5. The van der Waals surface area contributed by atoms with Crippen LogP contribution in [0.2, 0.25) is 0 Å². The fourth-order valence-electron chi connectivity index (χ4n) is 1.23. The molecule has 0 aromatic rings. The summed E-state index contributed by atoms with van der Waals surface area (Å²) in [5.41, 5.74) is -0.307. The number of Topliss-reactive ketones (excluding diaryl/α,β-unsaturated/α-hetero) is 1. The molecule has 0 bridgehead atoms. The van der Waals surface area contributed by atoms with E-state index in [1.54, 1.807) is 14.0 Å². The summed E-state index contributed by atoms with van der Waals surface area (Å²) in [5, 5.41) is 13.5. The first-order valence-corrected chi connectivity index (χ1v) is 8.19. The average Bonchev–Trinajstić information content (AvgIpc) is 2.47. The average molecular weight is 997 g/mol. The Hall–Kier alpha value is 5.34. The fourth-order valence-corrected chi connectivity index (χ4v) is 1.23. The molecule has 9 heteroatoms. The van der Waals surface area contributed by atoms with E-state index in [1.165, 1.54) is 0 Å². The Balaban J connectivity index is -0.0000000155. The maximum absolute atomic E-state index is 11.8. The second-order valence-electron chi connectivity index (χ2n) is 6.34. The molecular weight excluding hydrogens is 947 g/mol. The standard InChI is InChI=1S/C12H22O2.C3H7N.2C2H6.3CH3.Ir.5Y/c1-8(9(13)11(2,3)4)10(14)12(5,6)7;1-3-4-2;2*1-2;;;;;;;;;/h13H,1-7H3;1,3H2,2H3;2*1-2H3;3*1H3;;;;;;/q;-2;;;3*-1;;;;;;. The van der Waals surface area contributed by atoms with Gasteiger partial charge >= 0.3 is 0 Å². The molecule has 0 heterocycles. The number of ketones is 1. The van der Waals surface area contributed by atoms with E-state index in [0.29, 0.717) is 12.1 Å². The predicted octanol–water partition coefficient (Wildman–Crippen LogP) is 7.69. The van der Waals surface area contributed by atoms with Crippen LogP contribution in [0.15, 0.2) is 11.3 Å². The summed E-state index contributed by atoms with van der Waals surface area (Å²) in [4.78, 5) is 11.8. The van der Waals surface area contributed by atoms with Crippen LogP contribution in [0.4, 0.5) is 0 Å². The van der Waals surface area contributed by atoms with E-state index in [2.05, 4.69) is 12.2 Å². The van der Waals surface area contributed by atoms with Crippen LogP contribution in [-0.4, -0.2) is 24.5 Å². The first-order valence-electron chi connectivity index (χ1n) is 8.19. The molecule has 0 aromatic carbocycles. The Morgan fingerprint density at radius 2 is 0.968 bits per heavy atom. The van der Waals surface area contributed by atoms with Crippen molar-refractivity contribution in [2.75, 3.05) is 13.6 Å². The molecule has 0 amide bonds. The van der Waals surface area contributed by atoms with Gasteiger partial charge in [-0.3, -0.25) is 11.3 Å². The molecule has 184 valence electrons. The maximum Gasteiger partial charge on any atom is 0.167 e. The Kier molecular flexibility index (Phi) is 139. The smallest absolute Gasteiger partial charge is 0.167 e. The van der Waals surface area contributed by atoms with E-state index in [1.807, 2.05) is 69.2 Å². The Labute approximate surface area is 339 Å². The van der Waals surface area contributed by atoms with Gasteiger partial charge in [0, 0.05) is 200 Å². The van der Waals surface area contributed by atoms with Crippen molar-refractivity contribution in [2.24, 2.45) is 10.8 Å². The molecule has 3 nitrogen and oxygen atoms in total. The molecule has 6 radical (unpaired) electrons. The van der Waals surface area contributed by atoms with Crippen molar-refractivity contribution >= 4 is 5.78 Å². The fraction of sp³-hybridized carbons (Fsp3) is 0.682. The Bertz CT molecular complexity index is 316. The second kappa shape index (κ2) is 51.9. The second-order valence-corrected chi connectivity index (χ2v) is 6.34. The molecule has 1 N–H and O–H groups in total. The van der Waals surface area contributed by atoms with Crippen molar-refractivity contribution in [2.45, 2.75) is 76.2 Å². The monoisotopic (exact) mass is 998 g/mol. The Morgan fingerprint density at radius 3 is 1.06 bits per heavy atom. The SMILES string of the molecule is CC.CC.CC(C(=O)C(C)(C)C)=C(O)C(C)(C)C.[CH2-]C[N-]C.[CH3-].[CH3-].[CH3-].[Ir].[Y].[Y].[Y].[Y].[Y]. The van der Waals surface area contributed by atoms with Crippen molar-refractivity contribution in [1.82, 2.24) is 0 Å². The molecule has 0 rings (SSSR count). The molecule has 31 heavy (non-hydrogen) atoms. The van der Waals surface area contributed by atoms with E-state index < -0.39 is 5.41 Å². The van der Waals surface area contributed by atoms with Crippen LogP contribution in [0.25, 0.3) is 5.32 Å². The van der Waals surface area contributed by atoms with Gasteiger partial charge in [0.15, 0.2) is 5.78 Å². The zero-order valence-corrected chi connectivity index (χ0v) is 40.0. The zero-order valence-electron chi connectivity index (χ0n) is 23.4. The zero-order chi connectivity index (χ0) is 19.1. The van der Waals surface area contributed by atoms with Gasteiger partial charge in [0.1, 0.15) is 5.76 Å². The van der Waals surface area contributed by atoms with Crippen LogP contribution in [-0.2, 0) is 188 Å². The van der Waals surface area contributed by atoms with Crippen molar-refractivity contribution in [1.29, 1.82) is 0 Å². The number of aliphatic hydroxyl groups excluding tert-OH is 1. The number of aliphatic hydroxyl groups is 1. The van der Waals surface area contributed by atoms with Gasteiger partial charge in [0.2, 0.25) is 0 Å². The third-order valence-corrected chi connectivity index (χ3v) is 2.31. The number of hydrogen-bond donors (Lipinski definition) is 1. The molecule has 0 spiro atoms. The molecule has 0 saturated carbocycles. The van der Waals surface area contributed by atoms with Crippen LogP contribution in [0.1, 0.15) is 76.2 Å². The molecule has 0 aliphatic heterocycles. The number of nitrogens with zero attached hydrogens (tertiary/aromatic N) is 1. The van der Waals surface area contributed by atoms with Crippen molar-refractivity contribution in [3.05, 3.63) is 45.9 Å². The third kappa shape index (κ3) is 56.6. The van der Waals surface area contributed by atoms with E-state index in [0.717, 1.165) is 0 Å². The Morgan fingerprint density at radius 1 is 0.774 bits per heavy atom. The van der Waals surface area contributed by atoms with Crippen LogP contribution in [0, 0.1) is 40.0 Å². The van der Waals surface area contributed by atoms with Crippen molar-refractivity contribution < 1.29 is 194 Å². The summed E-state index contributed by atoms with van der Waals surface area (Å²) >= 11 is 0. The molecule has 0 aromatic heterocycles. The number of hydrogen-bond acceptors (Lipinski definition) is 2. The van der Waals surface area contributed by atoms with E-state index in [9.17, 15) is 9.90 Å². The largest absolute Gasteiger partial charge is 0.691 e. The minimum Gasteiger partial charge on any atom is -0.691 e. The van der Waals surface area contributed by atoms with Crippen LogP contribution in [0.3, 0.4) is 0 Å². The predicted molar refractivity (Wildman–Crippen MR) is 121 cm³/mol. The van der Waals surface area contributed by atoms with E-state index >= 15 is 0 Å². The summed E-state index contributed by atoms with van der Waals surface area (Å²) in [7, 11) is 1.74. The first-order chi connectivity index (χ1) is 9.89. The minimum atomic E-state index is -0.427. The van der Waals surface area contributed by atoms with Gasteiger partial charge in [-0.1, -0.05) is 69.2 Å². The van der Waals surface area contributed by atoms with E-state index in [4.69, 9.17) is 0 Å². The van der Waals surface area contributed by atoms with Crippen molar-refractivity contribution in [3.8, 4) is 0 Å². The van der Waals surface area contributed by atoms with E-state index in [-0.39, 0.29) is 223 Å². The van der Waals surface area contributed by atoms with Crippen LogP contribution < -0.4 is 0 Å². The summed E-state index contributed by atoms with van der Waals surface area (Å²) in [6, 6.07) is 0. The van der Waals surface area contributed by atoms with Gasteiger partial charge in [-0.05, 0) is 6.92 Å². The van der Waals surface area contributed by atoms with Crippen molar-refractivity contribution in [3.63, 3.8) is 0 Å². The number of carbonyl (C=O) groups excluding carboxylic acids is 1.